The minimum Gasteiger partial charge on any atom is -0.496 e. The van der Waals surface area contributed by atoms with Gasteiger partial charge in [-0.05, 0) is 36.8 Å². The third kappa shape index (κ3) is 6.34. The van der Waals surface area contributed by atoms with Crippen molar-refractivity contribution >= 4 is 11.8 Å². The number of rotatable bonds is 9. The van der Waals surface area contributed by atoms with Gasteiger partial charge in [0.05, 0.1) is 13.2 Å². The second kappa shape index (κ2) is 10.8. The Bertz CT molecular complexity index is 1020. The SMILES string of the molecule is COc1ccccc1C(C)NC(=O)COc1cccc(C(=O)NCc2ccccc2)c1. The molecule has 0 bridgehead atoms. The van der Waals surface area contributed by atoms with E-state index in [1.807, 2.05) is 61.5 Å². The number of amides is 2. The number of methoxy groups -OCH3 is 1. The van der Waals surface area contributed by atoms with Gasteiger partial charge in [-0.1, -0.05) is 54.6 Å². The maximum Gasteiger partial charge on any atom is 0.258 e. The average Bonchev–Trinajstić information content (AvgIpc) is 2.82. The highest BCUT2D eigenvalue weighted by Crippen LogP contribution is 2.24. The fraction of sp³-hybridized carbons (Fsp3) is 0.200. The van der Waals surface area contributed by atoms with Gasteiger partial charge in [-0.25, -0.2) is 0 Å². The largest absolute Gasteiger partial charge is 0.496 e. The topological polar surface area (TPSA) is 76.7 Å². The monoisotopic (exact) mass is 418 g/mol. The Hall–Kier alpha value is -3.80. The minimum atomic E-state index is -0.266. The third-order valence-corrected chi connectivity index (χ3v) is 4.74. The number of benzene rings is 3. The van der Waals surface area contributed by atoms with Crippen molar-refractivity contribution in [2.45, 2.75) is 19.5 Å². The van der Waals surface area contributed by atoms with Crippen molar-refractivity contribution in [3.63, 3.8) is 0 Å². The summed E-state index contributed by atoms with van der Waals surface area (Å²) in [5, 5.41) is 5.77. The Kier molecular flexibility index (Phi) is 7.65. The van der Waals surface area contributed by atoms with Gasteiger partial charge in [0.25, 0.3) is 11.8 Å². The molecule has 0 radical (unpaired) electrons. The van der Waals surface area contributed by atoms with Crippen molar-refractivity contribution in [3.05, 3.63) is 95.6 Å². The molecule has 6 nitrogen and oxygen atoms in total. The van der Waals surface area contributed by atoms with E-state index in [0.29, 0.717) is 23.6 Å². The highest BCUT2D eigenvalue weighted by Gasteiger charge is 2.14. The number of carbonyl (C=O) groups excluding carboxylic acids is 2. The summed E-state index contributed by atoms with van der Waals surface area (Å²) in [4.78, 5) is 24.7. The van der Waals surface area contributed by atoms with Gasteiger partial charge in [-0.3, -0.25) is 9.59 Å². The summed E-state index contributed by atoms with van der Waals surface area (Å²) in [6.07, 6.45) is 0. The van der Waals surface area contributed by atoms with Crippen LogP contribution in [0.2, 0.25) is 0 Å². The van der Waals surface area contributed by atoms with E-state index in [2.05, 4.69) is 10.6 Å². The van der Waals surface area contributed by atoms with Crippen molar-refractivity contribution in [1.29, 1.82) is 0 Å². The molecule has 160 valence electrons. The standard InChI is InChI=1S/C25H26N2O4/c1-18(22-13-6-7-14-23(22)30-2)27-24(28)17-31-21-12-8-11-20(15-21)25(29)26-16-19-9-4-3-5-10-19/h3-15,18H,16-17H2,1-2H3,(H,26,29)(H,27,28). The molecule has 0 aliphatic carbocycles. The number of nitrogens with one attached hydrogen (secondary N) is 2. The molecule has 2 amide bonds. The van der Waals surface area contributed by atoms with Crippen molar-refractivity contribution in [1.82, 2.24) is 10.6 Å². The van der Waals surface area contributed by atoms with Crippen LogP contribution < -0.4 is 20.1 Å². The van der Waals surface area contributed by atoms with Gasteiger partial charge in [-0.15, -0.1) is 0 Å². The Morgan fingerprint density at radius 3 is 2.45 bits per heavy atom. The molecular weight excluding hydrogens is 392 g/mol. The first-order chi connectivity index (χ1) is 15.1. The van der Waals surface area contributed by atoms with Crippen LogP contribution in [0.4, 0.5) is 0 Å². The summed E-state index contributed by atoms with van der Waals surface area (Å²) in [5.41, 5.74) is 2.37. The maximum absolute atomic E-state index is 12.4. The second-order valence-electron chi connectivity index (χ2n) is 7.02. The van der Waals surface area contributed by atoms with E-state index >= 15 is 0 Å². The van der Waals surface area contributed by atoms with Gasteiger partial charge in [0.1, 0.15) is 11.5 Å². The molecule has 0 heterocycles. The number of hydrogen-bond acceptors (Lipinski definition) is 4. The molecule has 0 aliphatic heterocycles. The molecule has 3 aromatic carbocycles. The van der Waals surface area contributed by atoms with E-state index in [1.165, 1.54) is 0 Å². The lowest BCUT2D eigenvalue weighted by Crippen LogP contribution is -2.31. The lowest BCUT2D eigenvalue weighted by atomic mass is 10.1. The zero-order valence-corrected chi connectivity index (χ0v) is 17.6. The smallest absolute Gasteiger partial charge is 0.258 e. The van der Waals surface area contributed by atoms with Crippen molar-refractivity contribution in [2.75, 3.05) is 13.7 Å². The molecule has 0 fully saturated rings. The van der Waals surface area contributed by atoms with Crippen LogP contribution in [0.3, 0.4) is 0 Å². The van der Waals surface area contributed by atoms with Crippen LogP contribution in [0.15, 0.2) is 78.9 Å². The number of hydrogen-bond donors (Lipinski definition) is 2. The molecule has 0 aromatic heterocycles. The average molecular weight is 418 g/mol. The molecule has 3 aromatic rings. The van der Waals surface area contributed by atoms with Crippen LogP contribution in [0.5, 0.6) is 11.5 Å². The Morgan fingerprint density at radius 2 is 1.68 bits per heavy atom. The van der Waals surface area contributed by atoms with Gasteiger partial charge in [-0.2, -0.15) is 0 Å². The molecule has 0 saturated carbocycles. The predicted octanol–water partition coefficient (Wildman–Crippen LogP) is 3.88. The molecule has 0 aliphatic rings. The van der Waals surface area contributed by atoms with Gasteiger partial charge < -0.3 is 20.1 Å². The van der Waals surface area contributed by atoms with Crippen LogP contribution in [-0.4, -0.2) is 25.5 Å². The van der Waals surface area contributed by atoms with E-state index in [4.69, 9.17) is 9.47 Å². The fourth-order valence-corrected chi connectivity index (χ4v) is 3.14. The van der Waals surface area contributed by atoms with E-state index < -0.39 is 0 Å². The van der Waals surface area contributed by atoms with Crippen LogP contribution in [-0.2, 0) is 11.3 Å². The molecule has 1 atom stereocenters. The second-order valence-corrected chi connectivity index (χ2v) is 7.02. The number of ether oxygens (including phenoxy) is 2. The minimum absolute atomic E-state index is 0.158. The van der Waals surface area contributed by atoms with Crippen LogP contribution in [0.1, 0.15) is 34.5 Å². The predicted molar refractivity (Wildman–Crippen MR) is 119 cm³/mol. The third-order valence-electron chi connectivity index (χ3n) is 4.74. The van der Waals surface area contributed by atoms with E-state index in [0.717, 1.165) is 11.1 Å². The zero-order chi connectivity index (χ0) is 22.1. The molecule has 1 unspecified atom stereocenters. The maximum atomic E-state index is 12.4. The van der Waals surface area contributed by atoms with E-state index in [1.54, 1.807) is 31.4 Å². The summed E-state index contributed by atoms with van der Waals surface area (Å²) >= 11 is 0. The van der Waals surface area contributed by atoms with E-state index in [9.17, 15) is 9.59 Å². The van der Waals surface area contributed by atoms with Gasteiger partial charge in [0.2, 0.25) is 0 Å². The first-order valence-corrected chi connectivity index (χ1v) is 10.0. The quantitative estimate of drug-likeness (QED) is 0.553. The normalized spacial score (nSPS) is 11.3. The molecule has 31 heavy (non-hydrogen) atoms. The van der Waals surface area contributed by atoms with Crippen LogP contribution in [0, 0.1) is 0 Å². The summed E-state index contributed by atoms with van der Waals surface area (Å²) in [6.45, 7) is 2.16. The molecule has 0 saturated heterocycles. The highest BCUT2D eigenvalue weighted by molar-refractivity contribution is 5.94. The van der Waals surface area contributed by atoms with Gasteiger partial charge >= 0.3 is 0 Å². The molecule has 3 rings (SSSR count). The van der Waals surface area contributed by atoms with Gasteiger partial charge in [0.15, 0.2) is 6.61 Å². The number of carbonyl (C=O) groups is 2. The Labute approximate surface area is 182 Å². The lowest BCUT2D eigenvalue weighted by Gasteiger charge is -2.17. The van der Waals surface area contributed by atoms with Crippen molar-refractivity contribution in [2.24, 2.45) is 0 Å². The number of para-hydroxylation sites is 1. The summed E-state index contributed by atoms with van der Waals surface area (Å²) in [5.74, 6) is 0.693. The summed E-state index contributed by atoms with van der Waals surface area (Å²) < 4.78 is 10.9. The van der Waals surface area contributed by atoms with Crippen LogP contribution >= 0.6 is 0 Å². The summed E-state index contributed by atoms with van der Waals surface area (Å²) in [7, 11) is 1.60. The molecule has 2 N–H and O–H groups in total. The van der Waals surface area contributed by atoms with Crippen molar-refractivity contribution < 1.29 is 19.1 Å². The Morgan fingerprint density at radius 1 is 0.935 bits per heavy atom. The molecule has 6 heteroatoms. The lowest BCUT2D eigenvalue weighted by molar-refractivity contribution is -0.123. The Balaban J connectivity index is 1.52. The first kappa shape index (κ1) is 21.9. The van der Waals surface area contributed by atoms with Crippen molar-refractivity contribution in [3.8, 4) is 11.5 Å². The highest BCUT2D eigenvalue weighted by atomic mass is 16.5. The molecule has 0 spiro atoms. The van der Waals surface area contributed by atoms with Gasteiger partial charge in [0, 0.05) is 17.7 Å². The summed E-state index contributed by atoms with van der Waals surface area (Å²) in [6, 6.07) is 23.7. The van der Waals surface area contributed by atoms with Crippen LogP contribution in [0.25, 0.3) is 0 Å². The zero-order valence-electron chi connectivity index (χ0n) is 17.6. The first-order valence-electron chi connectivity index (χ1n) is 10.0. The molecular formula is C25H26N2O4. The van der Waals surface area contributed by atoms with E-state index in [-0.39, 0.29) is 24.5 Å². The fourth-order valence-electron chi connectivity index (χ4n) is 3.14.